The molecule has 0 radical (unpaired) electrons. The predicted octanol–water partition coefficient (Wildman–Crippen LogP) is 1.74. The number of hydrogen-bond donors (Lipinski definition) is 3. The predicted molar refractivity (Wildman–Crippen MR) is 78.5 cm³/mol. The van der Waals surface area contributed by atoms with Crippen LogP contribution in [0.15, 0.2) is 6.07 Å². The monoisotopic (exact) mass is 270 g/mol. The molecule has 0 unspecified atom stereocenters. The van der Waals surface area contributed by atoms with Crippen molar-refractivity contribution in [3.8, 4) is 0 Å². The minimum atomic E-state index is 0.275. The molecule has 1 aromatic heterocycles. The highest BCUT2D eigenvalue weighted by molar-refractivity contribution is 7.99. The molecule has 1 aromatic rings. The number of nitrogens with one attached hydrogen (secondary N) is 2. The van der Waals surface area contributed by atoms with E-state index in [0.29, 0.717) is 0 Å². The van der Waals surface area contributed by atoms with Crippen molar-refractivity contribution >= 4 is 23.4 Å². The molecular formula is C12H22N4OS. The average Bonchev–Trinajstić information content (AvgIpc) is 2.33. The van der Waals surface area contributed by atoms with Gasteiger partial charge in [-0.15, -0.1) is 0 Å². The molecule has 0 aliphatic carbocycles. The first-order chi connectivity index (χ1) is 8.76. The fraction of sp³-hybridized carbons (Fsp3) is 0.667. The largest absolute Gasteiger partial charge is 0.396 e. The van der Waals surface area contributed by atoms with Gasteiger partial charge in [-0.2, -0.15) is 11.8 Å². The molecule has 0 saturated heterocycles. The van der Waals surface area contributed by atoms with Crippen LogP contribution in [-0.2, 0) is 0 Å². The first-order valence-corrected chi connectivity index (χ1v) is 7.43. The number of hydrogen-bond acceptors (Lipinski definition) is 6. The van der Waals surface area contributed by atoms with E-state index >= 15 is 0 Å². The number of aryl methyl sites for hydroxylation is 1. The second kappa shape index (κ2) is 8.99. The average molecular weight is 270 g/mol. The molecule has 18 heavy (non-hydrogen) atoms. The van der Waals surface area contributed by atoms with Gasteiger partial charge in [0.1, 0.15) is 17.5 Å². The van der Waals surface area contributed by atoms with E-state index in [0.717, 1.165) is 48.5 Å². The van der Waals surface area contributed by atoms with Gasteiger partial charge in [0, 0.05) is 31.5 Å². The van der Waals surface area contributed by atoms with Crippen LogP contribution in [0.3, 0.4) is 0 Å². The molecule has 6 heteroatoms. The van der Waals surface area contributed by atoms with Gasteiger partial charge in [-0.3, -0.25) is 0 Å². The summed E-state index contributed by atoms with van der Waals surface area (Å²) in [7, 11) is 0. The van der Waals surface area contributed by atoms with E-state index in [2.05, 4.69) is 20.6 Å². The number of thioether (sulfide) groups is 1. The quantitative estimate of drug-likeness (QED) is 0.594. The highest BCUT2D eigenvalue weighted by atomic mass is 32.2. The zero-order valence-electron chi connectivity index (χ0n) is 11.1. The van der Waals surface area contributed by atoms with Crippen molar-refractivity contribution in [3.05, 3.63) is 11.9 Å². The van der Waals surface area contributed by atoms with Gasteiger partial charge in [0.2, 0.25) is 0 Å². The van der Waals surface area contributed by atoms with Gasteiger partial charge < -0.3 is 15.7 Å². The van der Waals surface area contributed by atoms with Crippen molar-refractivity contribution in [3.63, 3.8) is 0 Å². The van der Waals surface area contributed by atoms with Crippen molar-refractivity contribution in [2.45, 2.75) is 20.3 Å². The van der Waals surface area contributed by atoms with Gasteiger partial charge in [0.05, 0.1) is 0 Å². The SMILES string of the molecule is CCNc1cc(NCCSCCCO)nc(C)n1. The van der Waals surface area contributed by atoms with Crippen molar-refractivity contribution in [2.24, 2.45) is 0 Å². The molecule has 3 N–H and O–H groups in total. The minimum absolute atomic E-state index is 0.275. The van der Waals surface area contributed by atoms with Gasteiger partial charge in [-0.05, 0) is 26.0 Å². The van der Waals surface area contributed by atoms with Crippen molar-refractivity contribution < 1.29 is 5.11 Å². The van der Waals surface area contributed by atoms with Crippen LogP contribution in [0.2, 0.25) is 0 Å². The molecule has 0 spiro atoms. The number of nitrogens with zero attached hydrogens (tertiary/aromatic N) is 2. The smallest absolute Gasteiger partial charge is 0.131 e. The molecule has 5 nitrogen and oxygen atoms in total. The maximum absolute atomic E-state index is 8.66. The fourth-order valence-corrected chi connectivity index (χ4v) is 2.23. The lowest BCUT2D eigenvalue weighted by Gasteiger charge is -2.09. The van der Waals surface area contributed by atoms with E-state index in [-0.39, 0.29) is 6.61 Å². The normalized spacial score (nSPS) is 10.4. The van der Waals surface area contributed by atoms with Gasteiger partial charge in [0.15, 0.2) is 0 Å². The lowest BCUT2D eigenvalue weighted by Crippen LogP contribution is -2.09. The third-order valence-electron chi connectivity index (χ3n) is 2.20. The first-order valence-electron chi connectivity index (χ1n) is 6.28. The number of aliphatic hydroxyl groups is 1. The fourth-order valence-electron chi connectivity index (χ4n) is 1.45. The molecular weight excluding hydrogens is 248 g/mol. The molecule has 0 atom stereocenters. The first kappa shape index (κ1) is 15.0. The van der Waals surface area contributed by atoms with Crippen LogP contribution < -0.4 is 10.6 Å². The summed E-state index contributed by atoms with van der Waals surface area (Å²) in [6, 6.07) is 1.93. The summed E-state index contributed by atoms with van der Waals surface area (Å²) in [6.07, 6.45) is 0.863. The van der Waals surface area contributed by atoms with Crippen LogP contribution in [0.1, 0.15) is 19.2 Å². The van der Waals surface area contributed by atoms with Crippen LogP contribution in [0, 0.1) is 6.92 Å². The third-order valence-corrected chi connectivity index (χ3v) is 3.27. The Labute approximate surface area is 113 Å². The third kappa shape index (κ3) is 6.07. The Bertz CT molecular complexity index is 349. The van der Waals surface area contributed by atoms with E-state index in [9.17, 15) is 0 Å². The number of aromatic nitrogens is 2. The van der Waals surface area contributed by atoms with E-state index in [1.54, 1.807) is 0 Å². The summed E-state index contributed by atoms with van der Waals surface area (Å²) in [6.45, 7) is 5.94. The Hall–Kier alpha value is -1.01. The highest BCUT2D eigenvalue weighted by Gasteiger charge is 2.00. The molecule has 1 heterocycles. The zero-order valence-corrected chi connectivity index (χ0v) is 11.9. The zero-order chi connectivity index (χ0) is 13.2. The summed E-state index contributed by atoms with van der Waals surface area (Å²) in [4.78, 5) is 8.64. The van der Waals surface area contributed by atoms with Gasteiger partial charge in [0.25, 0.3) is 0 Å². The summed E-state index contributed by atoms with van der Waals surface area (Å²) >= 11 is 1.83. The summed E-state index contributed by atoms with van der Waals surface area (Å²) < 4.78 is 0. The molecule has 102 valence electrons. The standard InChI is InChI=1S/C12H22N4OS/c1-3-13-11-9-12(16-10(2)15-11)14-5-8-18-7-4-6-17/h9,17H,3-8H2,1-2H3,(H2,13,14,15,16). The molecule has 0 fully saturated rings. The summed E-state index contributed by atoms with van der Waals surface area (Å²) in [5.41, 5.74) is 0. The molecule has 0 saturated carbocycles. The van der Waals surface area contributed by atoms with Crippen LogP contribution in [-0.4, -0.2) is 46.3 Å². The Morgan fingerprint density at radius 3 is 2.61 bits per heavy atom. The highest BCUT2D eigenvalue weighted by Crippen LogP contribution is 2.11. The van der Waals surface area contributed by atoms with Gasteiger partial charge in [-0.1, -0.05) is 0 Å². The Kier molecular flexibility index (Phi) is 7.52. The Morgan fingerprint density at radius 2 is 1.94 bits per heavy atom. The topological polar surface area (TPSA) is 70.1 Å². The summed E-state index contributed by atoms with van der Waals surface area (Å²) in [5.74, 6) is 4.51. The minimum Gasteiger partial charge on any atom is -0.396 e. The molecule has 0 aromatic carbocycles. The second-order valence-electron chi connectivity index (χ2n) is 3.83. The number of aliphatic hydroxyl groups excluding tert-OH is 1. The second-order valence-corrected chi connectivity index (χ2v) is 5.06. The van der Waals surface area contributed by atoms with E-state index in [1.165, 1.54) is 0 Å². The van der Waals surface area contributed by atoms with Crippen molar-refractivity contribution in [1.29, 1.82) is 0 Å². The number of rotatable bonds is 9. The molecule has 0 amide bonds. The van der Waals surface area contributed by atoms with Gasteiger partial charge in [-0.25, -0.2) is 9.97 Å². The van der Waals surface area contributed by atoms with Crippen LogP contribution in [0.25, 0.3) is 0 Å². The van der Waals surface area contributed by atoms with E-state index < -0.39 is 0 Å². The molecule has 0 bridgehead atoms. The Balaban J connectivity index is 2.32. The number of anilines is 2. The lowest BCUT2D eigenvalue weighted by molar-refractivity contribution is 0.296. The van der Waals surface area contributed by atoms with Crippen molar-refractivity contribution in [1.82, 2.24) is 9.97 Å². The Morgan fingerprint density at radius 1 is 1.22 bits per heavy atom. The lowest BCUT2D eigenvalue weighted by atomic mass is 10.4. The maximum atomic E-state index is 8.66. The molecule has 0 aliphatic heterocycles. The molecule has 1 rings (SSSR count). The van der Waals surface area contributed by atoms with Crippen LogP contribution in [0.5, 0.6) is 0 Å². The van der Waals surface area contributed by atoms with Crippen LogP contribution in [0.4, 0.5) is 11.6 Å². The van der Waals surface area contributed by atoms with E-state index in [4.69, 9.17) is 5.11 Å². The van der Waals surface area contributed by atoms with Crippen molar-refractivity contribution in [2.75, 3.05) is 41.8 Å². The van der Waals surface area contributed by atoms with E-state index in [1.807, 2.05) is 31.7 Å². The maximum Gasteiger partial charge on any atom is 0.131 e. The van der Waals surface area contributed by atoms with Crippen LogP contribution >= 0.6 is 11.8 Å². The summed E-state index contributed by atoms with van der Waals surface area (Å²) in [5, 5.41) is 15.1. The molecule has 0 aliphatic rings. The van der Waals surface area contributed by atoms with Gasteiger partial charge >= 0.3 is 0 Å².